The second-order valence-corrected chi connectivity index (χ2v) is 7.84. The minimum Gasteiger partial charge on any atom is -0.462 e. The first kappa shape index (κ1) is 20.9. The van der Waals surface area contributed by atoms with Crippen molar-refractivity contribution in [3.63, 3.8) is 0 Å². The van der Waals surface area contributed by atoms with Crippen LogP contribution in [0.3, 0.4) is 0 Å². The highest BCUT2D eigenvalue weighted by Crippen LogP contribution is 2.38. The lowest BCUT2D eigenvalue weighted by molar-refractivity contribution is -0.119. The molecule has 3 N–H and O–H groups in total. The molecule has 0 aliphatic heterocycles. The van der Waals surface area contributed by atoms with Crippen molar-refractivity contribution in [1.82, 2.24) is 0 Å². The molecule has 0 atom stereocenters. The number of hydrogen-bond acceptors (Lipinski definition) is 7. The molecule has 0 unspecified atom stereocenters. The summed E-state index contributed by atoms with van der Waals surface area (Å²) in [6, 6.07) is 6.33. The van der Waals surface area contributed by atoms with Crippen LogP contribution < -0.4 is 11.1 Å². The van der Waals surface area contributed by atoms with Gasteiger partial charge in [-0.2, -0.15) is 0 Å². The summed E-state index contributed by atoms with van der Waals surface area (Å²) in [5, 5.41) is 3.18. The van der Waals surface area contributed by atoms with Crippen LogP contribution in [-0.4, -0.2) is 31.1 Å². The van der Waals surface area contributed by atoms with Gasteiger partial charge < -0.3 is 20.5 Å². The van der Waals surface area contributed by atoms with Crippen molar-refractivity contribution < 1.29 is 23.9 Å². The number of ether oxygens (including phenoxy) is 2. The van der Waals surface area contributed by atoms with Gasteiger partial charge in [-0.15, -0.1) is 11.3 Å². The second kappa shape index (κ2) is 9.56. The number of anilines is 2. The standard InChI is InChI=1S/C21H24N2O5S/c1-2-27-21(26)18-15-9-4-3-5-10-16(15)29-19(18)23-17(24)12-28-20(25)13-7-6-8-14(22)11-13/h6-8,11H,2-5,9-10,12,22H2,1H3,(H,23,24). The summed E-state index contributed by atoms with van der Waals surface area (Å²) >= 11 is 1.40. The molecule has 2 aromatic rings. The van der Waals surface area contributed by atoms with Crippen LogP contribution in [-0.2, 0) is 27.1 Å². The fourth-order valence-electron chi connectivity index (χ4n) is 3.29. The molecule has 7 nitrogen and oxygen atoms in total. The summed E-state index contributed by atoms with van der Waals surface area (Å²) in [6.07, 6.45) is 4.85. The smallest absolute Gasteiger partial charge is 0.341 e. The van der Waals surface area contributed by atoms with Crippen LogP contribution in [0, 0.1) is 0 Å². The molecule has 0 radical (unpaired) electrons. The maximum Gasteiger partial charge on any atom is 0.341 e. The average molecular weight is 416 g/mol. The van der Waals surface area contributed by atoms with E-state index in [2.05, 4.69) is 5.32 Å². The third-order valence-corrected chi connectivity index (χ3v) is 5.82. The van der Waals surface area contributed by atoms with Gasteiger partial charge in [-0.1, -0.05) is 12.5 Å². The molecule has 3 rings (SSSR count). The van der Waals surface area contributed by atoms with Gasteiger partial charge in [0, 0.05) is 10.6 Å². The number of carbonyl (C=O) groups excluding carboxylic acids is 3. The molecular weight excluding hydrogens is 392 g/mol. The lowest BCUT2D eigenvalue weighted by Gasteiger charge is -2.09. The van der Waals surface area contributed by atoms with E-state index in [1.165, 1.54) is 17.4 Å². The highest BCUT2D eigenvalue weighted by molar-refractivity contribution is 7.17. The third-order valence-electron chi connectivity index (χ3n) is 4.61. The normalized spacial score (nSPS) is 13.1. The summed E-state index contributed by atoms with van der Waals surface area (Å²) in [5.74, 6) is -1.58. The molecule has 29 heavy (non-hydrogen) atoms. The topological polar surface area (TPSA) is 108 Å². The first-order valence-electron chi connectivity index (χ1n) is 9.63. The Morgan fingerprint density at radius 3 is 2.66 bits per heavy atom. The number of fused-ring (bicyclic) bond motifs is 1. The van der Waals surface area contributed by atoms with E-state index in [-0.39, 0.29) is 12.2 Å². The number of benzene rings is 1. The van der Waals surface area contributed by atoms with E-state index in [9.17, 15) is 14.4 Å². The van der Waals surface area contributed by atoms with E-state index in [0.29, 0.717) is 16.3 Å². The van der Waals surface area contributed by atoms with Crippen LogP contribution in [0.2, 0.25) is 0 Å². The van der Waals surface area contributed by atoms with E-state index < -0.39 is 24.5 Å². The molecule has 154 valence electrons. The molecule has 0 spiro atoms. The minimum atomic E-state index is -0.639. The molecule has 1 aliphatic carbocycles. The molecule has 0 fully saturated rings. The zero-order valence-corrected chi connectivity index (χ0v) is 17.1. The minimum absolute atomic E-state index is 0.259. The molecular formula is C21H24N2O5S. The molecule has 1 aliphatic rings. The first-order chi connectivity index (χ1) is 14.0. The third kappa shape index (κ3) is 5.14. The number of esters is 2. The highest BCUT2D eigenvalue weighted by atomic mass is 32.1. The lowest BCUT2D eigenvalue weighted by atomic mass is 10.1. The van der Waals surface area contributed by atoms with Gasteiger partial charge in [0.2, 0.25) is 0 Å². The second-order valence-electron chi connectivity index (χ2n) is 6.74. The maximum absolute atomic E-state index is 12.5. The first-order valence-corrected chi connectivity index (χ1v) is 10.5. The van der Waals surface area contributed by atoms with Crippen LogP contribution in [0.1, 0.15) is 57.3 Å². The molecule has 1 aromatic heterocycles. The Morgan fingerprint density at radius 2 is 1.90 bits per heavy atom. The number of carbonyl (C=O) groups is 3. The lowest BCUT2D eigenvalue weighted by Crippen LogP contribution is -2.22. The maximum atomic E-state index is 12.5. The fourth-order valence-corrected chi connectivity index (χ4v) is 4.59. The summed E-state index contributed by atoms with van der Waals surface area (Å²) in [5.41, 5.74) is 7.76. The van der Waals surface area contributed by atoms with Gasteiger partial charge in [0.15, 0.2) is 6.61 Å². The molecule has 8 heteroatoms. The monoisotopic (exact) mass is 416 g/mol. The van der Waals surface area contributed by atoms with Gasteiger partial charge in [-0.25, -0.2) is 9.59 Å². The number of thiophene rings is 1. The van der Waals surface area contributed by atoms with Crippen LogP contribution >= 0.6 is 11.3 Å². The molecule has 1 heterocycles. The van der Waals surface area contributed by atoms with Crippen molar-refractivity contribution in [3.05, 3.63) is 45.8 Å². The van der Waals surface area contributed by atoms with Crippen molar-refractivity contribution in [1.29, 1.82) is 0 Å². The number of amides is 1. The molecule has 1 amide bonds. The summed E-state index contributed by atoms with van der Waals surface area (Å²) in [4.78, 5) is 38.1. The Morgan fingerprint density at radius 1 is 1.10 bits per heavy atom. The van der Waals surface area contributed by atoms with Crippen molar-refractivity contribution in [2.24, 2.45) is 0 Å². The highest BCUT2D eigenvalue weighted by Gasteiger charge is 2.26. The SMILES string of the molecule is CCOC(=O)c1c(NC(=O)COC(=O)c2cccc(N)c2)sc2c1CCCCC2. The number of rotatable bonds is 6. The predicted octanol–water partition coefficient (Wildman–Crippen LogP) is 3.57. The van der Waals surface area contributed by atoms with E-state index in [1.807, 2.05) is 0 Å². The molecule has 0 bridgehead atoms. The van der Waals surface area contributed by atoms with Crippen molar-refractivity contribution in [3.8, 4) is 0 Å². The number of nitrogen functional groups attached to an aromatic ring is 1. The predicted molar refractivity (Wildman–Crippen MR) is 111 cm³/mol. The van der Waals surface area contributed by atoms with E-state index in [0.717, 1.165) is 42.5 Å². The number of hydrogen-bond donors (Lipinski definition) is 2. The number of aryl methyl sites for hydroxylation is 1. The van der Waals surface area contributed by atoms with E-state index in [1.54, 1.807) is 25.1 Å². The Balaban J connectivity index is 1.71. The van der Waals surface area contributed by atoms with Gasteiger partial charge in [-0.3, -0.25) is 4.79 Å². The van der Waals surface area contributed by atoms with Crippen LogP contribution in [0.15, 0.2) is 24.3 Å². The van der Waals surface area contributed by atoms with Crippen molar-refractivity contribution >= 4 is 39.9 Å². The van der Waals surface area contributed by atoms with Gasteiger partial charge >= 0.3 is 11.9 Å². The van der Waals surface area contributed by atoms with Gasteiger partial charge in [-0.05, 0) is 56.4 Å². The Bertz CT molecular complexity index is 922. The van der Waals surface area contributed by atoms with Gasteiger partial charge in [0.05, 0.1) is 17.7 Å². The van der Waals surface area contributed by atoms with Crippen LogP contribution in [0.5, 0.6) is 0 Å². The van der Waals surface area contributed by atoms with E-state index in [4.69, 9.17) is 15.2 Å². The quantitative estimate of drug-likeness (QED) is 0.423. The summed E-state index contributed by atoms with van der Waals surface area (Å²) in [7, 11) is 0. The Hall–Kier alpha value is -2.87. The zero-order valence-electron chi connectivity index (χ0n) is 16.3. The number of nitrogens with one attached hydrogen (secondary N) is 1. The van der Waals surface area contributed by atoms with Gasteiger partial charge in [0.25, 0.3) is 5.91 Å². The Kier molecular flexibility index (Phi) is 6.87. The summed E-state index contributed by atoms with van der Waals surface area (Å²) in [6.45, 7) is 1.55. The summed E-state index contributed by atoms with van der Waals surface area (Å²) < 4.78 is 10.3. The molecule has 1 aromatic carbocycles. The van der Waals surface area contributed by atoms with Gasteiger partial charge in [0.1, 0.15) is 5.00 Å². The Labute approximate surface area is 173 Å². The number of nitrogens with two attached hydrogens (primary N) is 1. The van der Waals surface area contributed by atoms with E-state index >= 15 is 0 Å². The molecule has 0 saturated carbocycles. The fraction of sp³-hybridized carbons (Fsp3) is 0.381. The zero-order chi connectivity index (χ0) is 20.8. The molecule has 0 saturated heterocycles. The van der Waals surface area contributed by atoms with Crippen molar-refractivity contribution in [2.45, 2.75) is 39.0 Å². The average Bonchev–Trinajstić information content (AvgIpc) is 2.86. The van der Waals surface area contributed by atoms with Crippen LogP contribution in [0.4, 0.5) is 10.7 Å². The largest absolute Gasteiger partial charge is 0.462 e. The van der Waals surface area contributed by atoms with Crippen LogP contribution in [0.25, 0.3) is 0 Å². The van der Waals surface area contributed by atoms with Crippen molar-refractivity contribution in [2.75, 3.05) is 24.3 Å².